The van der Waals surface area contributed by atoms with Gasteiger partial charge in [0.2, 0.25) is 0 Å². The molecule has 2 amide bonds. The Morgan fingerprint density at radius 1 is 0.926 bits per heavy atom. The summed E-state index contributed by atoms with van der Waals surface area (Å²) < 4.78 is 15.4. The topological polar surface area (TPSA) is 112 Å². The molecule has 4 N–H and O–H groups in total. The maximum absolute atomic E-state index is 12.5. The van der Waals surface area contributed by atoms with Gasteiger partial charge in [-0.2, -0.15) is 0 Å². The third kappa shape index (κ3) is 4.99. The number of nitrogens with two attached hydrogens (primary N) is 1. The van der Waals surface area contributed by atoms with E-state index >= 15 is 0 Å². The van der Waals surface area contributed by atoms with E-state index in [1.165, 1.54) is 26.4 Å². The van der Waals surface area contributed by atoms with Crippen LogP contribution in [0, 0.1) is 0 Å². The van der Waals surface area contributed by atoms with Crippen LogP contribution in [0.1, 0.15) is 15.9 Å². The van der Waals surface area contributed by atoms with Crippen molar-refractivity contribution in [1.82, 2.24) is 10.7 Å². The molecule has 0 atom stereocenters. The van der Waals surface area contributed by atoms with Gasteiger partial charge in [-0.05, 0) is 42.0 Å². The zero-order valence-corrected chi connectivity index (χ0v) is 15.2. The molecule has 2 rings (SSSR count). The summed E-state index contributed by atoms with van der Waals surface area (Å²) in [6, 6.07) is 11.6. The van der Waals surface area contributed by atoms with E-state index in [9.17, 15) is 9.59 Å². The van der Waals surface area contributed by atoms with E-state index in [0.29, 0.717) is 22.8 Å². The standard InChI is InChI=1S/C19H21N3O5/c1-25-14-7-4-12(5-8-14)10-15(19(24)22-20)21-18(23)13-6-9-16(26-2)17(11-13)27-3/h4-11H,20H2,1-3H3,(H,21,23)(H,22,24). The number of nitrogens with one attached hydrogen (secondary N) is 2. The first-order valence-corrected chi connectivity index (χ1v) is 7.92. The first-order valence-electron chi connectivity index (χ1n) is 7.92. The predicted molar refractivity (Wildman–Crippen MR) is 100 cm³/mol. The SMILES string of the molecule is COc1ccc(C=C(NC(=O)c2ccc(OC)c(OC)c2)C(=O)NN)cc1. The second kappa shape index (κ2) is 9.25. The van der Waals surface area contributed by atoms with E-state index in [2.05, 4.69) is 5.32 Å². The zero-order valence-electron chi connectivity index (χ0n) is 15.2. The number of rotatable bonds is 7. The third-order valence-electron chi connectivity index (χ3n) is 3.70. The summed E-state index contributed by atoms with van der Waals surface area (Å²) >= 11 is 0. The highest BCUT2D eigenvalue weighted by Gasteiger charge is 2.15. The van der Waals surface area contributed by atoms with Gasteiger partial charge in [-0.25, -0.2) is 5.84 Å². The molecule has 8 nitrogen and oxygen atoms in total. The number of carbonyl (C=O) groups is 2. The van der Waals surface area contributed by atoms with Crippen molar-refractivity contribution in [2.24, 2.45) is 5.84 Å². The van der Waals surface area contributed by atoms with Crippen LogP contribution < -0.4 is 30.8 Å². The molecule has 0 aliphatic heterocycles. The Kier molecular flexibility index (Phi) is 6.79. The maximum Gasteiger partial charge on any atom is 0.281 e. The lowest BCUT2D eigenvalue weighted by atomic mass is 10.1. The van der Waals surface area contributed by atoms with Crippen LogP contribution in [0.15, 0.2) is 48.2 Å². The van der Waals surface area contributed by atoms with Gasteiger partial charge in [0.25, 0.3) is 11.8 Å². The second-order valence-corrected chi connectivity index (χ2v) is 5.33. The second-order valence-electron chi connectivity index (χ2n) is 5.33. The average Bonchev–Trinajstić information content (AvgIpc) is 2.72. The number of ether oxygens (including phenoxy) is 3. The molecule has 27 heavy (non-hydrogen) atoms. The maximum atomic E-state index is 12.5. The van der Waals surface area contributed by atoms with Crippen molar-refractivity contribution in [1.29, 1.82) is 0 Å². The highest BCUT2D eigenvalue weighted by atomic mass is 16.5. The average molecular weight is 371 g/mol. The third-order valence-corrected chi connectivity index (χ3v) is 3.70. The lowest BCUT2D eigenvalue weighted by Crippen LogP contribution is -2.38. The van der Waals surface area contributed by atoms with Crippen LogP contribution in [0.3, 0.4) is 0 Å². The smallest absolute Gasteiger partial charge is 0.281 e. The molecule has 2 aromatic rings. The van der Waals surface area contributed by atoms with Crippen LogP contribution in [0.4, 0.5) is 0 Å². The summed E-state index contributed by atoms with van der Waals surface area (Å²) in [6.07, 6.45) is 1.50. The Hall–Kier alpha value is -3.52. The van der Waals surface area contributed by atoms with E-state index in [4.69, 9.17) is 20.1 Å². The van der Waals surface area contributed by atoms with E-state index in [1.807, 2.05) is 5.43 Å². The van der Waals surface area contributed by atoms with E-state index in [-0.39, 0.29) is 11.3 Å². The van der Waals surface area contributed by atoms with Gasteiger partial charge in [0.15, 0.2) is 11.5 Å². The molecule has 0 aliphatic carbocycles. The van der Waals surface area contributed by atoms with Crippen molar-refractivity contribution < 1.29 is 23.8 Å². The fourth-order valence-electron chi connectivity index (χ4n) is 2.27. The molecular formula is C19H21N3O5. The molecule has 0 saturated carbocycles. The molecule has 0 spiro atoms. The van der Waals surface area contributed by atoms with Crippen LogP contribution >= 0.6 is 0 Å². The Labute approximate surface area is 156 Å². The monoisotopic (exact) mass is 371 g/mol. The molecule has 8 heteroatoms. The van der Waals surface area contributed by atoms with E-state index in [0.717, 1.165) is 0 Å². The Morgan fingerprint density at radius 3 is 2.15 bits per heavy atom. The minimum absolute atomic E-state index is 0.0116. The molecule has 0 aliphatic rings. The molecule has 0 radical (unpaired) electrons. The number of hydrazine groups is 1. The lowest BCUT2D eigenvalue weighted by Gasteiger charge is -2.11. The number of amides is 2. The lowest BCUT2D eigenvalue weighted by molar-refractivity contribution is -0.117. The Bertz CT molecular complexity index is 847. The number of benzene rings is 2. The number of carbonyl (C=O) groups excluding carboxylic acids is 2. The van der Waals surface area contributed by atoms with Crippen LogP contribution in [0.2, 0.25) is 0 Å². The Balaban J connectivity index is 2.28. The van der Waals surface area contributed by atoms with Gasteiger partial charge >= 0.3 is 0 Å². The number of hydrogen-bond acceptors (Lipinski definition) is 6. The molecule has 0 aromatic heterocycles. The van der Waals surface area contributed by atoms with E-state index in [1.54, 1.807) is 43.5 Å². The van der Waals surface area contributed by atoms with Gasteiger partial charge in [0, 0.05) is 5.56 Å². The van der Waals surface area contributed by atoms with Gasteiger partial charge < -0.3 is 19.5 Å². The van der Waals surface area contributed by atoms with Crippen molar-refractivity contribution >= 4 is 17.9 Å². The minimum atomic E-state index is -0.639. The molecule has 2 aromatic carbocycles. The fourth-order valence-corrected chi connectivity index (χ4v) is 2.27. The molecule has 0 fully saturated rings. The van der Waals surface area contributed by atoms with Gasteiger partial charge in [-0.3, -0.25) is 15.0 Å². The van der Waals surface area contributed by atoms with Crippen molar-refractivity contribution in [3.8, 4) is 17.2 Å². The van der Waals surface area contributed by atoms with Crippen LogP contribution in [-0.4, -0.2) is 33.1 Å². The molecule has 0 bridgehead atoms. The van der Waals surface area contributed by atoms with Gasteiger partial charge in [0.05, 0.1) is 21.3 Å². The normalized spacial score (nSPS) is 10.7. The molecular weight excluding hydrogens is 350 g/mol. The molecule has 0 heterocycles. The highest BCUT2D eigenvalue weighted by molar-refractivity contribution is 6.05. The summed E-state index contributed by atoms with van der Waals surface area (Å²) in [6.45, 7) is 0. The highest BCUT2D eigenvalue weighted by Crippen LogP contribution is 2.27. The van der Waals surface area contributed by atoms with Crippen molar-refractivity contribution in [2.45, 2.75) is 0 Å². The van der Waals surface area contributed by atoms with Gasteiger partial charge in [0.1, 0.15) is 11.4 Å². The summed E-state index contributed by atoms with van der Waals surface area (Å²) in [5.74, 6) is 5.64. The summed E-state index contributed by atoms with van der Waals surface area (Å²) in [5.41, 5.74) is 2.97. The van der Waals surface area contributed by atoms with Gasteiger partial charge in [-0.1, -0.05) is 12.1 Å². The summed E-state index contributed by atoms with van der Waals surface area (Å²) in [4.78, 5) is 24.6. The predicted octanol–water partition coefficient (Wildman–Crippen LogP) is 1.47. The first-order chi connectivity index (χ1) is 13.0. The van der Waals surface area contributed by atoms with Crippen molar-refractivity contribution in [3.05, 3.63) is 59.3 Å². The summed E-state index contributed by atoms with van der Waals surface area (Å²) in [7, 11) is 4.52. The van der Waals surface area contributed by atoms with Gasteiger partial charge in [-0.15, -0.1) is 0 Å². The zero-order chi connectivity index (χ0) is 19.8. The Morgan fingerprint density at radius 2 is 1.59 bits per heavy atom. The van der Waals surface area contributed by atoms with Crippen LogP contribution in [-0.2, 0) is 4.79 Å². The largest absolute Gasteiger partial charge is 0.497 e. The van der Waals surface area contributed by atoms with E-state index < -0.39 is 11.8 Å². The quantitative estimate of drug-likeness (QED) is 0.294. The van der Waals surface area contributed by atoms with Crippen LogP contribution in [0.5, 0.6) is 17.2 Å². The fraction of sp³-hybridized carbons (Fsp3) is 0.158. The van der Waals surface area contributed by atoms with Crippen LogP contribution in [0.25, 0.3) is 6.08 Å². The van der Waals surface area contributed by atoms with Crippen molar-refractivity contribution in [3.63, 3.8) is 0 Å². The number of hydrogen-bond donors (Lipinski definition) is 3. The molecule has 0 unspecified atom stereocenters. The molecule has 0 saturated heterocycles. The number of methoxy groups -OCH3 is 3. The summed E-state index contributed by atoms with van der Waals surface area (Å²) in [5, 5.41) is 2.55. The van der Waals surface area contributed by atoms with Crippen molar-refractivity contribution in [2.75, 3.05) is 21.3 Å². The minimum Gasteiger partial charge on any atom is -0.497 e. The molecule has 142 valence electrons. The first kappa shape index (κ1) is 19.8.